The Labute approximate surface area is 283 Å². The number of H-pyrrole nitrogens is 1. The molecule has 6 atom stereocenters. The zero-order valence-electron chi connectivity index (χ0n) is 28.0. The summed E-state index contributed by atoms with van der Waals surface area (Å²) in [6.45, 7) is 6.37. The van der Waals surface area contributed by atoms with E-state index in [-0.39, 0.29) is 31.7 Å². The number of fused-ring (bicyclic) bond motifs is 2. The first-order valence-electron chi connectivity index (χ1n) is 16.4. The van der Waals surface area contributed by atoms with E-state index in [0.29, 0.717) is 5.56 Å². The molecule has 0 spiro atoms. The summed E-state index contributed by atoms with van der Waals surface area (Å²) in [5, 5.41) is 21.2. The van der Waals surface area contributed by atoms with E-state index in [1.807, 2.05) is 38.1 Å². The second-order valence-corrected chi connectivity index (χ2v) is 13.3. The molecule has 0 bridgehead atoms. The van der Waals surface area contributed by atoms with Crippen LogP contribution in [0, 0.1) is 11.8 Å². The summed E-state index contributed by atoms with van der Waals surface area (Å²) in [5.41, 5.74) is 6.85. The highest BCUT2D eigenvalue weighted by Gasteiger charge is 2.45. The maximum Gasteiger partial charge on any atom is 0.320 e. The first kappa shape index (κ1) is 36.8. The van der Waals surface area contributed by atoms with Gasteiger partial charge in [-0.15, -0.1) is 0 Å². The van der Waals surface area contributed by atoms with Crippen molar-refractivity contribution in [2.24, 2.45) is 17.6 Å². The van der Waals surface area contributed by atoms with Crippen LogP contribution in [0.15, 0.2) is 30.5 Å². The molecule has 0 unspecified atom stereocenters. The lowest BCUT2D eigenvalue weighted by molar-refractivity contribution is -0.148. The number of esters is 1. The molecule has 2 aliphatic rings. The Bertz CT molecular complexity index is 1590. The van der Waals surface area contributed by atoms with Gasteiger partial charge in [0.15, 0.2) is 0 Å². The number of amides is 5. The van der Waals surface area contributed by atoms with Crippen molar-refractivity contribution in [1.29, 1.82) is 0 Å². The molecule has 2 fully saturated rings. The molecule has 0 aliphatic carbocycles. The Balaban J connectivity index is 1.79. The number of carbonyl (C=O) groups excluding carboxylic acids is 6. The van der Waals surface area contributed by atoms with Crippen LogP contribution in [-0.4, -0.2) is 106 Å². The number of para-hydroxylation sites is 1. The van der Waals surface area contributed by atoms with Gasteiger partial charge in [-0.25, -0.2) is 0 Å². The Morgan fingerprint density at radius 1 is 0.918 bits per heavy atom. The molecule has 0 saturated carbocycles. The average molecular weight is 684 g/mol. The molecule has 16 heteroatoms. The Hall–Kier alpha value is -4.99. The normalized spacial score (nSPS) is 25.6. The number of hydrogen-bond donors (Lipinski definition) is 7. The van der Waals surface area contributed by atoms with Crippen molar-refractivity contribution < 1.29 is 43.4 Å². The van der Waals surface area contributed by atoms with Crippen molar-refractivity contribution in [3.05, 3.63) is 36.0 Å². The molecule has 0 radical (unpaired) electrons. The minimum Gasteiger partial charge on any atom is -0.481 e. The topological polar surface area (TPSA) is 242 Å². The SMILES string of the molecule is CC(C)C[C@@H]1NC(=O)[C@@H](C(C)C)NC(=O)[C@@H]2C[C@@H](OC(=O)CN)CN2C(=O)[C@@H](CC(=O)O)NC(=O)[C@@H](Cc2c[nH]c3ccccc23)NC1=O. The van der Waals surface area contributed by atoms with Crippen molar-refractivity contribution in [2.45, 2.75) is 89.7 Å². The zero-order chi connectivity index (χ0) is 36.0. The predicted octanol–water partition coefficient (Wildman–Crippen LogP) is -0.689. The Morgan fingerprint density at radius 2 is 1.57 bits per heavy atom. The van der Waals surface area contributed by atoms with Gasteiger partial charge < -0.3 is 46.7 Å². The molecule has 49 heavy (non-hydrogen) atoms. The van der Waals surface area contributed by atoms with E-state index < -0.39 is 96.7 Å². The van der Waals surface area contributed by atoms with Crippen LogP contribution in [0.4, 0.5) is 0 Å². The average Bonchev–Trinajstić information content (AvgIpc) is 3.65. The summed E-state index contributed by atoms with van der Waals surface area (Å²) in [6, 6.07) is 0.828. The molecule has 3 heterocycles. The summed E-state index contributed by atoms with van der Waals surface area (Å²) in [5.74, 6) is -6.56. The quantitative estimate of drug-likeness (QED) is 0.164. The third-order valence-corrected chi connectivity index (χ3v) is 8.63. The standard InChI is InChI=1S/C33H45N7O9/c1-16(2)9-22-29(44)36-23(10-18-14-35-21-8-6-5-7-20(18)21)30(45)38-24(12-26(41)42)33(48)40-15-19(49-27(43)13-34)11-25(40)31(46)39-28(17(3)4)32(47)37-22/h5-8,14,16-17,19,22-25,28,35H,9-13,15,34H2,1-4H3,(H,36,44)(H,37,47)(H,38,45)(H,39,46)(H,41,42)/t19-,22+,23-,24-,25+,28-/m1/s1. The van der Waals surface area contributed by atoms with Crippen molar-refractivity contribution in [3.8, 4) is 0 Å². The number of aromatic amines is 1. The van der Waals surface area contributed by atoms with E-state index in [2.05, 4.69) is 26.3 Å². The highest BCUT2D eigenvalue weighted by Crippen LogP contribution is 2.24. The molecule has 2 aromatic rings. The first-order chi connectivity index (χ1) is 23.2. The van der Waals surface area contributed by atoms with Gasteiger partial charge in [-0.2, -0.15) is 0 Å². The van der Waals surface area contributed by atoms with Crippen molar-refractivity contribution >= 4 is 52.4 Å². The van der Waals surface area contributed by atoms with Crippen LogP contribution in [0.25, 0.3) is 10.9 Å². The number of carboxylic acids is 1. The predicted molar refractivity (Wildman–Crippen MR) is 175 cm³/mol. The zero-order valence-corrected chi connectivity index (χ0v) is 28.0. The fourth-order valence-electron chi connectivity index (χ4n) is 6.21. The molecule has 4 rings (SSSR count). The van der Waals surface area contributed by atoms with Crippen molar-refractivity contribution in [1.82, 2.24) is 31.2 Å². The number of nitrogens with one attached hydrogen (secondary N) is 5. The number of aliphatic carboxylic acids is 1. The minimum atomic E-state index is -1.66. The molecule has 5 amide bonds. The van der Waals surface area contributed by atoms with E-state index in [4.69, 9.17) is 10.5 Å². The summed E-state index contributed by atoms with van der Waals surface area (Å²) in [7, 11) is 0. The van der Waals surface area contributed by atoms with Crippen LogP contribution in [0.5, 0.6) is 0 Å². The lowest BCUT2D eigenvalue weighted by Crippen LogP contribution is -2.59. The van der Waals surface area contributed by atoms with Crippen molar-refractivity contribution in [2.75, 3.05) is 13.1 Å². The number of rotatable bonds is 9. The van der Waals surface area contributed by atoms with Gasteiger partial charge >= 0.3 is 11.9 Å². The molecule has 8 N–H and O–H groups in total. The van der Waals surface area contributed by atoms with E-state index >= 15 is 0 Å². The molecular weight excluding hydrogens is 638 g/mol. The number of aromatic nitrogens is 1. The first-order valence-corrected chi connectivity index (χ1v) is 16.4. The molecule has 2 saturated heterocycles. The van der Waals surface area contributed by atoms with Gasteiger partial charge in [-0.3, -0.25) is 33.6 Å². The number of benzene rings is 1. The highest BCUT2D eigenvalue weighted by molar-refractivity contribution is 5.99. The Morgan fingerprint density at radius 3 is 2.22 bits per heavy atom. The van der Waals surface area contributed by atoms with Gasteiger partial charge in [0.25, 0.3) is 0 Å². The van der Waals surface area contributed by atoms with Crippen LogP contribution in [-0.2, 0) is 44.7 Å². The molecular formula is C33H45N7O9. The molecule has 1 aromatic heterocycles. The molecule has 266 valence electrons. The third kappa shape index (κ3) is 9.13. The number of nitrogens with zero attached hydrogens (tertiary/aromatic N) is 1. The monoisotopic (exact) mass is 683 g/mol. The second kappa shape index (κ2) is 15.9. The Kier molecular flexibility index (Phi) is 12.0. The minimum absolute atomic E-state index is 0.0456. The largest absolute Gasteiger partial charge is 0.481 e. The maximum atomic E-state index is 14.0. The maximum absolute atomic E-state index is 14.0. The van der Waals surface area contributed by atoms with Crippen LogP contribution in [0.3, 0.4) is 0 Å². The van der Waals surface area contributed by atoms with Gasteiger partial charge in [-0.1, -0.05) is 45.9 Å². The number of ether oxygens (including phenoxy) is 1. The fraction of sp³-hybridized carbons (Fsp3) is 0.545. The molecule has 2 aliphatic heterocycles. The van der Waals surface area contributed by atoms with Gasteiger partial charge in [0.1, 0.15) is 36.3 Å². The van der Waals surface area contributed by atoms with Crippen LogP contribution >= 0.6 is 0 Å². The number of carboxylic acid groups (broad SMARTS) is 1. The summed E-state index contributed by atoms with van der Waals surface area (Å²) in [6.07, 6.45) is -0.136. The van der Waals surface area contributed by atoms with Crippen molar-refractivity contribution in [3.63, 3.8) is 0 Å². The lowest BCUT2D eigenvalue weighted by Gasteiger charge is -2.30. The van der Waals surface area contributed by atoms with Crippen LogP contribution in [0.2, 0.25) is 0 Å². The second-order valence-electron chi connectivity index (χ2n) is 13.3. The summed E-state index contributed by atoms with van der Waals surface area (Å²) in [4.78, 5) is 97.5. The lowest BCUT2D eigenvalue weighted by atomic mass is 9.98. The molecule has 16 nitrogen and oxygen atoms in total. The number of hydrogen-bond acceptors (Lipinski definition) is 9. The third-order valence-electron chi connectivity index (χ3n) is 8.63. The number of nitrogens with two attached hydrogens (primary N) is 1. The van der Waals surface area contributed by atoms with Gasteiger partial charge in [-0.05, 0) is 29.9 Å². The van der Waals surface area contributed by atoms with E-state index in [0.717, 1.165) is 15.8 Å². The van der Waals surface area contributed by atoms with Gasteiger partial charge in [0, 0.05) is 29.9 Å². The number of carbonyl (C=O) groups is 7. The highest BCUT2D eigenvalue weighted by atomic mass is 16.5. The fourth-order valence-corrected chi connectivity index (χ4v) is 6.21. The van der Waals surface area contributed by atoms with Gasteiger partial charge in [0.05, 0.1) is 19.5 Å². The summed E-state index contributed by atoms with van der Waals surface area (Å²) >= 11 is 0. The van der Waals surface area contributed by atoms with E-state index in [1.54, 1.807) is 20.0 Å². The van der Waals surface area contributed by atoms with E-state index in [9.17, 15) is 38.7 Å². The molecule has 1 aromatic carbocycles. The van der Waals surface area contributed by atoms with Crippen LogP contribution < -0.4 is 27.0 Å². The summed E-state index contributed by atoms with van der Waals surface area (Å²) < 4.78 is 5.33. The van der Waals surface area contributed by atoms with E-state index in [1.165, 1.54) is 0 Å². The van der Waals surface area contributed by atoms with Gasteiger partial charge in [0.2, 0.25) is 29.5 Å². The smallest absolute Gasteiger partial charge is 0.320 e. The van der Waals surface area contributed by atoms with Crippen LogP contribution in [0.1, 0.15) is 52.5 Å².